The number of halogens is 3. The monoisotopic (exact) mass is 452 g/mol. The predicted octanol–water partition coefficient (Wildman–Crippen LogP) is 4.19. The van der Waals surface area contributed by atoms with Crippen LogP contribution in [0, 0.1) is 10.1 Å². The summed E-state index contributed by atoms with van der Waals surface area (Å²) in [7, 11) is -4.14. The Labute approximate surface area is 154 Å². The molecule has 24 heavy (non-hydrogen) atoms. The van der Waals surface area contributed by atoms with Gasteiger partial charge in [-0.1, -0.05) is 17.7 Å². The summed E-state index contributed by atoms with van der Waals surface area (Å²) in [6.07, 6.45) is 0. The average Bonchev–Trinajstić information content (AvgIpc) is 2.49. The van der Waals surface area contributed by atoms with Crippen molar-refractivity contribution in [3.8, 4) is 0 Å². The molecule has 1 N–H and O–H groups in total. The van der Waals surface area contributed by atoms with Gasteiger partial charge in [-0.15, -0.1) is 0 Å². The first-order valence-electron chi connectivity index (χ1n) is 6.08. The van der Waals surface area contributed by atoms with Crippen LogP contribution in [0.1, 0.15) is 10.4 Å². The third-order valence-corrected chi connectivity index (χ3v) is 6.03. The summed E-state index contributed by atoms with van der Waals surface area (Å²) in [6, 6.07) is 7.56. The maximum Gasteiger partial charge on any atom is 0.285 e. The zero-order valence-corrected chi connectivity index (χ0v) is 15.4. The highest BCUT2D eigenvalue weighted by Gasteiger charge is 2.25. The molecule has 0 aliphatic heterocycles. The Bertz CT molecular complexity index is 949. The van der Waals surface area contributed by atoms with Crippen molar-refractivity contribution in [1.82, 2.24) is 0 Å². The highest BCUT2D eigenvalue weighted by molar-refractivity contribution is 9.10. The van der Waals surface area contributed by atoms with Crippen LogP contribution in [-0.2, 0) is 10.0 Å². The number of hydrogen-bond acceptors (Lipinski definition) is 5. The quantitative estimate of drug-likeness (QED) is 0.415. The van der Waals surface area contributed by atoms with Gasteiger partial charge in [0.2, 0.25) is 0 Å². The zero-order chi connectivity index (χ0) is 18.1. The van der Waals surface area contributed by atoms with E-state index in [1.165, 1.54) is 24.3 Å². The second-order valence-corrected chi connectivity index (χ2v) is 7.59. The molecule has 11 heteroatoms. The fourth-order valence-corrected chi connectivity index (χ4v) is 4.12. The summed E-state index contributed by atoms with van der Waals surface area (Å²) >= 11 is 14.2. The Hall–Kier alpha value is -1.68. The number of nitrogens with one attached hydrogen (secondary N) is 1. The van der Waals surface area contributed by atoms with E-state index in [4.69, 9.17) is 23.2 Å². The molecule has 0 bridgehead atoms. The summed E-state index contributed by atoms with van der Waals surface area (Å²) in [5, 5.41) is 9.76. The van der Waals surface area contributed by atoms with E-state index in [1.54, 1.807) is 0 Å². The Kier molecular flexibility index (Phi) is 5.49. The number of nitro groups is 1. The Morgan fingerprint density at radius 3 is 2.50 bits per heavy atom. The van der Waals surface area contributed by atoms with Gasteiger partial charge in [0, 0.05) is 17.3 Å². The van der Waals surface area contributed by atoms with Crippen LogP contribution >= 0.6 is 39.1 Å². The van der Waals surface area contributed by atoms with E-state index in [9.17, 15) is 23.3 Å². The van der Waals surface area contributed by atoms with E-state index in [0.29, 0.717) is 0 Å². The second-order valence-electron chi connectivity index (χ2n) is 4.43. The van der Waals surface area contributed by atoms with Crippen LogP contribution in [0.25, 0.3) is 0 Å². The molecular formula is C13H7BrCl2N2O5S. The fraction of sp³-hybridized carbons (Fsp3) is 0. The molecule has 0 aliphatic carbocycles. The van der Waals surface area contributed by atoms with Crippen molar-refractivity contribution in [3.05, 3.63) is 61.6 Å². The summed E-state index contributed by atoms with van der Waals surface area (Å²) in [5.74, 6) is 0. The van der Waals surface area contributed by atoms with Crippen LogP contribution in [0.15, 0.2) is 45.8 Å². The topological polar surface area (TPSA) is 106 Å². The number of carbonyl (C=O) groups excluding carboxylic acids is 1. The lowest BCUT2D eigenvalue weighted by atomic mass is 10.2. The first-order valence-corrected chi connectivity index (χ1v) is 9.12. The highest BCUT2D eigenvalue weighted by Crippen LogP contribution is 2.37. The third kappa shape index (κ3) is 3.86. The molecule has 0 fully saturated rings. The number of hydrogen-bond donors (Lipinski definition) is 1. The predicted molar refractivity (Wildman–Crippen MR) is 93.2 cm³/mol. The Balaban J connectivity index is 2.45. The van der Waals surface area contributed by atoms with Crippen molar-refractivity contribution < 1.29 is 18.1 Å². The van der Waals surface area contributed by atoms with Gasteiger partial charge in [-0.2, -0.15) is 0 Å². The molecule has 7 nitrogen and oxygen atoms in total. The van der Waals surface area contributed by atoms with E-state index in [0.717, 1.165) is 12.1 Å². The highest BCUT2D eigenvalue weighted by atomic mass is 79.9. The number of rotatable bonds is 5. The van der Waals surface area contributed by atoms with Gasteiger partial charge >= 0.3 is 0 Å². The minimum atomic E-state index is -4.14. The van der Waals surface area contributed by atoms with Gasteiger partial charge < -0.3 is 0 Å². The molecule has 2 rings (SSSR count). The molecule has 0 aliphatic rings. The van der Waals surface area contributed by atoms with Gasteiger partial charge in [-0.25, -0.2) is 8.42 Å². The number of benzene rings is 2. The number of carbonyl (C=O) groups is 1. The zero-order valence-electron chi connectivity index (χ0n) is 11.5. The van der Waals surface area contributed by atoms with Gasteiger partial charge in [-0.05, 0) is 51.8 Å². The molecule has 0 spiro atoms. The molecule has 0 heterocycles. The first-order chi connectivity index (χ1) is 11.1. The summed E-state index contributed by atoms with van der Waals surface area (Å²) in [4.78, 5) is 20.9. The largest absolute Gasteiger partial charge is 0.285 e. The minimum Gasteiger partial charge on any atom is -0.280 e. The van der Waals surface area contributed by atoms with Crippen LogP contribution in [0.4, 0.5) is 11.4 Å². The molecule has 0 saturated carbocycles. The van der Waals surface area contributed by atoms with Crippen LogP contribution in [0.2, 0.25) is 5.02 Å². The molecule has 0 atom stereocenters. The summed E-state index contributed by atoms with van der Waals surface area (Å²) in [5.41, 5.74) is -0.173. The van der Waals surface area contributed by atoms with Gasteiger partial charge in [-0.3, -0.25) is 19.6 Å². The number of nitro benzene ring substituents is 1. The Morgan fingerprint density at radius 1 is 1.25 bits per heavy atom. The standard InChI is InChI=1S/C13H7BrCl2N2O5S/c14-11-9(18(20)21)4-5-10(12(11)15)24(22,23)17-8-3-1-2-7(6-8)13(16)19/h1-6,17H. The van der Waals surface area contributed by atoms with Gasteiger partial charge in [0.15, 0.2) is 0 Å². The number of nitrogens with zero attached hydrogens (tertiary/aromatic N) is 1. The van der Waals surface area contributed by atoms with Gasteiger partial charge in [0.1, 0.15) is 9.37 Å². The van der Waals surface area contributed by atoms with Crippen molar-refractivity contribution in [1.29, 1.82) is 0 Å². The van der Waals surface area contributed by atoms with E-state index in [2.05, 4.69) is 20.7 Å². The average molecular weight is 454 g/mol. The molecule has 2 aromatic carbocycles. The van der Waals surface area contributed by atoms with Crippen LogP contribution in [0.5, 0.6) is 0 Å². The maximum absolute atomic E-state index is 12.4. The van der Waals surface area contributed by atoms with Crippen molar-refractivity contribution in [3.63, 3.8) is 0 Å². The Morgan fingerprint density at radius 2 is 1.92 bits per heavy atom. The van der Waals surface area contributed by atoms with Gasteiger partial charge in [0.25, 0.3) is 21.0 Å². The normalized spacial score (nSPS) is 11.1. The maximum atomic E-state index is 12.4. The van der Waals surface area contributed by atoms with E-state index in [-0.39, 0.29) is 31.3 Å². The molecule has 0 saturated heterocycles. The molecule has 0 radical (unpaired) electrons. The fourth-order valence-electron chi connectivity index (χ4n) is 1.79. The van der Waals surface area contributed by atoms with E-state index < -0.39 is 20.2 Å². The molecule has 0 amide bonds. The minimum absolute atomic E-state index is 0.0899. The molecule has 0 unspecified atom stereocenters. The molecule has 2 aromatic rings. The lowest BCUT2D eigenvalue weighted by Gasteiger charge is -2.11. The van der Waals surface area contributed by atoms with Crippen molar-refractivity contribution in [2.45, 2.75) is 4.90 Å². The molecule has 126 valence electrons. The summed E-state index contributed by atoms with van der Waals surface area (Å²) < 4.78 is 26.9. The molecular weight excluding hydrogens is 447 g/mol. The van der Waals surface area contributed by atoms with E-state index >= 15 is 0 Å². The first kappa shape index (κ1) is 18.7. The van der Waals surface area contributed by atoms with Crippen LogP contribution in [-0.4, -0.2) is 18.6 Å². The van der Waals surface area contributed by atoms with Crippen molar-refractivity contribution in [2.75, 3.05) is 4.72 Å². The smallest absolute Gasteiger partial charge is 0.280 e. The van der Waals surface area contributed by atoms with E-state index in [1.807, 2.05) is 0 Å². The van der Waals surface area contributed by atoms with Crippen LogP contribution in [0.3, 0.4) is 0 Å². The lowest BCUT2D eigenvalue weighted by Crippen LogP contribution is -2.14. The van der Waals surface area contributed by atoms with Gasteiger partial charge in [0.05, 0.1) is 9.95 Å². The second kappa shape index (κ2) is 7.06. The van der Waals surface area contributed by atoms with Crippen molar-refractivity contribution in [2.24, 2.45) is 0 Å². The summed E-state index contributed by atoms with van der Waals surface area (Å²) in [6.45, 7) is 0. The van der Waals surface area contributed by atoms with Crippen molar-refractivity contribution >= 4 is 65.8 Å². The number of anilines is 1. The number of sulfonamides is 1. The van der Waals surface area contributed by atoms with Crippen LogP contribution < -0.4 is 4.72 Å². The SMILES string of the molecule is O=C(Cl)c1cccc(NS(=O)(=O)c2ccc([N+](=O)[O-])c(Br)c2Cl)c1. The third-order valence-electron chi connectivity index (χ3n) is 2.85. The lowest BCUT2D eigenvalue weighted by molar-refractivity contribution is -0.385. The molecule has 0 aromatic heterocycles.